The van der Waals surface area contributed by atoms with E-state index in [4.69, 9.17) is 61.6 Å². The molecule has 582 valence electrons. The van der Waals surface area contributed by atoms with Crippen molar-refractivity contribution in [2.75, 3.05) is 39.6 Å². The summed E-state index contributed by atoms with van der Waals surface area (Å²) in [5, 5.41) is 251. The average molecular weight is 1480 g/mol. The summed E-state index contributed by atoms with van der Waals surface area (Å²) in [6.45, 7) is -2.13. The maximum atomic E-state index is 13.3. The number of ether oxygens (including phenoxy) is 13. The summed E-state index contributed by atoms with van der Waals surface area (Å²) in [6.07, 6.45) is -69.4. The minimum absolute atomic E-state index is 0.864. The molecule has 7 fully saturated rings. The van der Waals surface area contributed by atoms with Crippen LogP contribution in [0, 0.1) is 0 Å². The summed E-state index contributed by atoms with van der Waals surface area (Å²) in [7, 11) is 0. The lowest BCUT2D eigenvalue weighted by Gasteiger charge is -2.52. The van der Waals surface area contributed by atoms with Gasteiger partial charge in [-0.25, -0.2) is 9.59 Å². The van der Waals surface area contributed by atoms with Crippen LogP contribution in [0.4, 0.5) is 0 Å². The molecule has 0 saturated carbocycles. The van der Waals surface area contributed by atoms with E-state index in [1.165, 1.54) is 6.92 Å². The van der Waals surface area contributed by atoms with E-state index in [-0.39, 0.29) is 0 Å². The van der Waals surface area contributed by atoms with Crippen LogP contribution in [-0.4, -0.2) is 413 Å². The number of carbonyl (C=O) groups is 6. The quantitative estimate of drug-likeness (QED) is 0.0346. The number of rotatable bonds is 28. The van der Waals surface area contributed by atoms with Crippen molar-refractivity contribution < 1.29 is 203 Å². The van der Waals surface area contributed by atoms with Crippen molar-refractivity contribution in [2.45, 2.75) is 273 Å². The van der Waals surface area contributed by atoms with E-state index in [2.05, 4.69) is 21.3 Å². The number of hydrogen-bond acceptors (Lipinski definition) is 39. The molecule has 45 nitrogen and oxygen atoms in total. The second kappa shape index (κ2) is 35.3. The monoisotopic (exact) mass is 1480 g/mol. The van der Waals surface area contributed by atoms with E-state index < -0.39 is 314 Å². The Bertz CT molecular complexity index is 2760. The Morgan fingerprint density at radius 1 is 0.426 bits per heavy atom. The molecule has 0 aromatic rings. The van der Waals surface area contributed by atoms with Gasteiger partial charge in [0.25, 0.3) is 11.6 Å². The Morgan fingerprint density at radius 3 is 1.21 bits per heavy atom. The first-order chi connectivity index (χ1) is 47.3. The van der Waals surface area contributed by atoms with Crippen LogP contribution in [0.5, 0.6) is 0 Å². The highest BCUT2D eigenvalue weighted by Gasteiger charge is 2.64. The molecule has 4 amide bonds. The van der Waals surface area contributed by atoms with Crippen molar-refractivity contribution in [1.82, 2.24) is 21.3 Å². The van der Waals surface area contributed by atoms with Crippen LogP contribution in [0.1, 0.15) is 47.5 Å². The Hall–Kier alpha value is -4.50. The molecule has 0 aromatic carbocycles. The molecule has 7 rings (SSSR count). The second-order valence-electron chi connectivity index (χ2n) is 25.4. The first kappa shape index (κ1) is 83.8. The maximum Gasteiger partial charge on any atom is 0.364 e. The van der Waals surface area contributed by atoms with E-state index >= 15 is 0 Å². The van der Waals surface area contributed by atoms with Gasteiger partial charge in [-0.3, -0.25) is 19.2 Å². The number of carboxylic acids is 2. The van der Waals surface area contributed by atoms with Gasteiger partial charge in [-0.2, -0.15) is 0 Å². The fraction of sp³-hybridized carbons (Fsp3) is 0.893. The normalized spacial score (nSPS) is 44.9. The number of carboxylic acid groups (broad SMARTS) is 2. The third kappa shape index (κ3) is 18.5. The maximum absolute atomic E-state index is 13.3. The molecule has 45 heteroatoms. The summed E-state index contributed by atoms with van der Waals surface area (Å²) in [5.41, 5.74) is 0. The number of hydrogen-bond donors (Lipinski definition) is 26. The SMILES string of the molecule is CC(=O)N[C@@H]1[C@@H](O[C@@H]2O[C@H](CO)[C@H](O)[C@H](O[C@]3(C(=O)O)C[C@H](O)[C@@H](NC(C)=O)[C@H]([C@H](O)[C@H](O)CO)O3)[C@H]2O)[C@@H](O)[C@@H](CO[C@@H]2O[C@H](CO)[C@@H](O[C@@H]3O[C@H](CO)[C@H](O)[C@H](O[C@]4(C(=O)O)C[C@H](O)[C@@H](NC(C)=O)[C@H]([C@H](O)[C@H](O)CO)O4)[C@H]3O)[C@H](O[C@@H]3O[C@@H](C)[C@@H](O)[C@@H](O)[C@@H]3O)[C@H]2NC(C)=O)O[C@H]1O. The Labute approximate surface area is 571 Å². The Morgan fingerprint density at radius 2 is 0.802 bits per heavy atom. The highest BCUT2D eigenvalue weighted by atomic mass is 16.8. The lowest BCUT2D eigenvalue weighted by Crippen LogP contribution is -2.72. The van der Waals surface area contributed by atoms with E-state index in [1.807, 2.05) is 0 Å². The van der Waals surface area contributed by atoms with Gasteiger partial charge < -0.3 is 195 Å². The van der Waals surface area contributed by atoms with E-state index in [0.29, 0.717) is 0 Å². The minimum Gasteiger partial charge on any atom is -0.477 e. The summed E-state index contributed by atoms with van der Waals surface area (Å²) < 4.78 is 76.3. The van der Waals surface area contributed by atoms with Gasteiger partial charge in [0.2, 0.25) is 23.6 Å². The second-order valence-corrected chi connectivity index (χ2v) is 25.4. The van der Waals surface area contributed by atoms with Gasteiger partial charge in [0.15, 0.2) is 31.5 Å². The largest absolute Gasteiger partial charge is 0.477 e. The molecular weight excluding hydrogens is 1380 g/mol. The topological polar surface area (TPSA) is 716 Å². The molecular formula is C56H92N4O41. The first-order valence-electron chi connectivity index (χ1n) is 31.7. The third-order valence-corrected chi connectivity index (χ3v) is 18.0. The van der Waals surface area contributed by atoms with Gasteiger partial charge in [0.1, 0.15) is 152 Å². The fourth-order valence-corrected chi connectivity index (χ4v) is 12.9. The lowest BCUT2D eigenvalue weighted by molar-refractivity contribution is -0.392. The molecule has 7 heterocycles. The predicted molar refractivity (Wildman–Crippen MR) is 311 cm³/mol. The van der Waals surface area contributed by atoms with Gasteiger partial charge in [-0.05, 0) is 6.92 Å². The number of aliphatic hydroxyl groups is 20. The summed E-state index contributed by atoms with van der Waals surface area (Å²) in [4.78, 5) is 76.9. The summed E-state index contributed by atoms with van der Waals surface area (Å²) in [5.74, 6) is -14.5. The van der Waals surface area contributed by atoms with E-state index in [0.717, 1.165) is 27.7 Å². The molecule has 7 saturated heterocycles. The molecule has 7 aliphatic heterocycles. The van der Waals surface area contributed by atoms with Gasteiger partial charge in [-0.1, -0.05) is 0 Å². The van der Waals surface area contributed by atoms with Gasteiger partial charge in [0.05, 0.1) is 70.0 Å². The molecule has 101 heavy (non-hydrogen) atoms. The van der Waals surface area contributed by atoms with Crippen molar-refractivity contribution in [3.63, 3.8) is 0 Å². The van der Waals surface area contributed by atoms with Crippen LogP contribution < -0.4 is 21.3 Å². The number of aliphatic hydroxyl groups excluding tert-OH is 20. The average Bonchev–Trinajstić information content (AvgIpc) is 0.765. The predicted octanol–water partition coefficient (Wildman–Crippen LogP) is -16.3. The van der Waals surface area contributed by atoms with E-state index in [9.17, 15) is 141 Å². The number of nitrogens with one attached hydrogen (secondary N) is 4. The van der Waals surface area contributed by atoms with Crippen LogP contribution >= 0.6 is 0 Å². The van der Waals surface area contributed by atoms with Crippen molar-refractivity contribution in [2.24, 2.45) is 0 Å². The van der Waals surface area contributed by atoms with Crippen LogP contribution in [0.15, 0.2) is 0 Å². The standard InChI is InChI=1S/C56H92N4O41/c1-14-31(74)37(80)38(81)50(90-14)97-45-30(60-18(5)69)49(94-25(12-65)41(45)95-51-39(82)46(34(77)23(10-63)92-51)100-55(53(85)86)6-19(70)27(57-15(2)66)43(98-55)32(75)21(72)8-61)89-13-26-36(79)42(29(48(84)91-26)59-17(4)68)96-52-40(83)47(35(78)24(11-64)93-52)101-56(54(87)88)7-20(71)28(58-16(3)67)44(99-56)33(76)22(73)9-62/h14,19-52,61-65,70-84H,6-13H2,1-5H3,(H,57,66)(H,58,67)(H,59,68)(H,60,69)(H,85,86)(H,87,88)/t14-,19-,20-,21+,22+,23+,24+,25+,26+,27+,28+,29+,30+,31+,32+,33+,34-,35-,36-,37+,38-,39+,40+,41+,42+,43+,44+,45+,46-,47-,48+,49+,50-,51-,52-,55-,56-/m0/s1. The highest BCUT2D eigenvalue weighted by molar-refractivity contribution is 5.78. The van der Waals surface area contributed by atoms with Crippen LogP contribution in [0.3, 0.4) is 0 Å². The van der Waals surface area contributed by atoms with Crippen LogP contribution in [0.25, 0.3) is 0 Å². The molecule has 0 aliphatic carbocycles. The van der Waals surface area contributed by atoms with Gasteiger partial charge in [-0.15, -0.1) is 0 Å². The Kier molecular flexibility index (Phi) is 29.3. The molecule has 0 bridgehead atoms. The molecule has 0 radical (unpaired) electrons. The molecule has 26 N–H and O–H groups in total. The van der Waals surface area contributed by atoms with Crippen molar-refractivity contribution >= 4 is 35.6 Å². The Balaban J connectivity index is 1.20. The van der Waals surface area contributed by atoms with Crippen molar-refractivity contribution in [3.8, 4) is 0 Å². The molecule has 0 unspecified atom stereocenters. The zero-order valence-corrected chi connectivity index (χ0v) is 54.5. The minimum atomic E-state index is -3.30. The molecule has 37 atom stereocenters. The summed E-state index contributed by atoms with van der Waals surface area (Å²) >= 11 is 0. The zero-order valence-electron chi connectivity index (χ0n) is 54.5. The fourth-order valence-electron chi connectivity index (χ4n) is 12.9. The zero-order chi connectivity index (χ0) is 75.3. The number of amides is 4. The van der Waals surface area contributed by atoms with Crippen LogP contribution in [-0.2, 0) is 90.3 Å². The van der Waals surface area contributed by atoms with Crippen molar-refractivity contribution in [3.05, 3.63) is 0 Å². The van der Waals surface area contributed by atoms with Gasteiger partial charge in [0, 0.05) is 40.5 Å². The number of aliphatic carboxylic acids is 2. The van der Waals surface area contributed by atoms with Gasteiger partial charge >= 0.3 is 11.9 Å². The number of carbonyl (C=O) groups excluding carboxylic acids is 4. The van der Waals surface area contributed by atoms with Crippen molar-refractivity contribution in [1.29, 1.82) is 0 Å². The van der Waals surface area contributed by atoms with E-state index in [1.54, 1.807) is 0 Å². The first-order valence-corrected chi connectivity index (χ1v) is 31.7. The van der Waals surface area contributed by atoms with Crippen LogP contribution in [0.2, 0.25) is 0 Å². The summed E-state index contributed by atoms with van der Waals surface area (Å²) in [6, 6.07) is -7.34. The molecule has 0 spiro atoms. The smallest absolute Gasteiger partial charge is 0.364 e. The lowest BCUT2D eigenvalue weighted by atomic mass is 9.88. The third-order valence-electron chi connectivity index (χ3n) is 18.0. The molecule has 0 aromatic heterocycles. The highest BCUT2D eigenvalue weighted by Crippen LogP contribution is 2.42. The molecule has 7 aliphatic rings.